The van der Waals surface area contributed by atoms with Gasteiger partial charge in [-0.05, 0) is 18.3 Å². The fraction of sp³-hybridized carbons (Fsp3) is 0.923. The number of carbonyl (C=O) groups excluding carboxylic acids is 1. The largest absolute Gasteiger partial charge is 0.463 e. The molecule has 0 spiro atoms. The van der Waals surface area contributed by atoms with Crippen LogP contribution < -0.4 is 0 Å². The molecule has 94 valence electrons. The predicted molar refractivity (Wildman–Crippen MR) is 63.2 cm³/mol. The fourth-order valence-corrected chi connectivity index (χ4v) is 2.54. The van der Waals surface area contributed by atoms with E-state index in [1.54, 1.807) is 0 Å². The lowest BCUT2D eigenvalue weighted by Gasteiger charge is -2.41. The number of carbonyl (C=O) groups is 1. The van der Waals surface area contributed by atoms with Crippen molar-refractivity contribution >= 4 is 5.97 Å². The van der Waals surface area contributed by atoms with E-state index >= 15 is 0 Å². The van der Waals surface area contributed by atoms with Crippen LogP contribution in [0.2, 0.25) is 0 Å². The standard InChI is InChI=1S/C13H24O3/c1-12(2,3)13(7-5-6-8-13)10-16-11(14)9-15-4/h5-10H2,1-4H3. The minimum Gasteiger partial charge on any atom is -0.463 e. The van der Waals surface area contributed by atoms with E-state index in [2.05, 4.69) is 20.8 Å². The first kappa shape index (κ1) is 13.5. The molecule has 0 N–H and O–H groups in total. The van der Waals surface area contributed by atoms with Gasteiger partial charge in [-0.1, -0.05) is 33.6 Å². The van der Waals surface area contributed by atoms with Crippen molar-refractivity contribution in [1.82, 2.24) is 0 Å². The summed E-state index contributed by atoms with van der Waals surface area (Å²) in [7, 11) is 1.51. The number of esters is 1. The van der Waals surface area contributed by atoms with E-state index in [1.807, 2.05) is 0 Å². The molecular weight excluding hydrogens is 204 g/mol. The van der Waals surface area contributed by atoms with E-state index in [1.165, 1.54) is 20.0 Å². The lowest BCUT2D eigenvalue weighted by Crippen LogP contribution is -2.38. The summed E-state index contributed by atoms with van der Waals surface area (Å²) < 4.78 is 10.1. The summed E-state index contributed by atoms with van der Waals surface area (Å²) in [5.74, 6) is -0.252. The number of hydrogen-bond acceptors (Lipinski definition) is 3. The van der Waals surface area contributed by atoms with Gasteiger partial charge < -0.3 is 9.47 Å². The minimum absolute atomic E-state index is 0.0558. The van der Waals surface area contributed by atoms with Gasteiger partial charge in [0.1, 0.15) is 6.61 Å². The van der Waals surface area contributed by atoms with Gasteiger partial charge in [0.25, 0.3) is 0 Å². The number of hydrogen-bond donors (Lipinski definition) is 0. The Morgan fingerprint density at radius 3 is 2.25 bits per heavy atom. The fourth-order valence-electron chi connectivity index (χ4n) is 2.54. The predicted octanol–water partition coefficient (Wildman–Crippen LogP) is 2.78. The smallest absolute Gasteiger partial charge is 0.332 e. The Labute approximate surface area is 98.5 Å². The summed E-state index contributed by atoms with van der Waals surface area (Å²) in [4.78, 5) is 11.3. The minimum atomic E-state index is -0.252. The summed E-state index contributed by atoms with van der Waals surface area (Å²) in [5, 5.41) is 0. The molecule has 0 heterocycles. The van der Waals surface area contributed by atoms with Gasteiger partial charge in [0.05, 0.1) is 6.61 Å². The maximum atomic E-state index is 11.3. The van der Waals surface area contributed by atoms with Crippen LogP contribution in [0.4, 0.5) is 0 Å². The van der Waals surface area contributed by atoms with Crippen molar-refractivity contribution < 1.29 is 14.3 Å². The van der Waals surface area contributed by atoms with Gasteiger partial charge in [-0.25, -0.2) is 4.79 Å². The highest BCUT2D eigenvalue weighted by Gasteiger charge is 2.44. The highest BCUT2D eigenvalue weighted by Crippen LogP contribution is 2.51. The normalized spacial score (nSPS) is 19.8. The zero-order valence-corrected chi connectivity index (χ0v) is 11.0. The maximum Gasteiger partial charge on any atom is 0.332 e. The van der Waals surface area contributed by atoms with Crippen molar-refractivity contribution in [2.75, 3.05) is 20.3 Å². The highest BCUT2D eigenvalue weighted by molar-refractivity contribution is 5.70. The Morgan fingerprint density at radius 2 is 1.81 bits per heavy atom. The number of methoxy groups -OCH3 is 1. The van der Waals surface area contributed by atoms with Crippen molar-refractivity contribution in [3.63, 3.8) is 0 Å². The Kier molecular flexibility index (Phi) is 4.36. The molecule has 1 aliphatic carbocycles. The molecule has 1 rings (SSSR count). The third-order valence-corrected chi connectivity index (χ3v) is 3.92. The summed E-state index contributed by atoms with van der Waals surface area (Å²) in [6, 6.07) is 0. The highest BCUT2D eigenvalue weighted by atomic mass is 16.6. The first-order valence-corrected chi connectivity index (χ1v) is 6.06. The van der Waals surface area contributed by atoms with E-state index in [9.17, 15) is 4.79 Å². The van der Waals surface area contributed by atoms with Crippen LogP contribution >= 0.6 is 0 Å². The molecule has 0 aromatic heterocycles. The van der Waals surface area contributed by atoms with Crippen LogP contribution in [-0.2, 0) is 14.3 Å². The number of rotatable bonds is 4. The molecule has 0 saturated heterocycles. The summed E-state index contributed by atoms with van der Waals surface area (Å²) >= 11 is 0. The van der Waals surface area contributed by atoms with E-state index in [-0.39, 0.29) is 23.4 Å². The second-order valence-electron chi connectivity index (χ2n) is 5.83. The SMILES string of the molecule is COCC(=O)OCC1(C(C)(C)C)CCCC1. The summed E-state index contributed by atoms with van der Waals surface area (Å²) in [5.41, 5.74) is 0.354. The molecule has 0 bridgehead atoms. The van der Waals surface area contributed by atoms with Gasteiger partial charge in [0, 0.05) is 12.5 Å². The van der Waals surface area contributed by atoms with Crippen LogP contribution in [-0.4, -0.2) is 26.3 Å². The van der Waals surface area contributed by atoms with Crippen LogP contribution in [0.25, 0.3) is 0 Å². The molecule has 3 nitrogen and oxygen atoms in total. The van der Waals surface area contributed by atoms with Gasteiger partial charge in [0.2, 0.25) is 0 Å². The molecule has 0 radical (unpaired) electrons. The molecular formula is C13H24O3. The molecule has 0 aliphatic heterocycles. The van der Waals surface area contributed by atoms with E-state index < -0.39 is 0 Å². The monoisotopic (exact) mass is 228 g/mol. The Balaban J connectivity index is 2.56. The van der Waals surface area contributed by atoms with Crippen LogP contribution in [0.5, 0.6) is 0 Å². The molecule has 16 heavy (non-hydrogen) atoms. The third kappa shape index (κ3) is 2.97. The van der Waals surface area contributed by atoms with Gasteiger partial charge in [-0.3, -0.25) is 0 Å². The summed E-state index contributed by atoms with van der Waals surface area (Å²) in [6.45, 7) is 7.31. The van der Waals surface area contributed by atoms with Gasteiger partial charge >= 0.3 is 5.97 Å². The quantitative estimate of drug-likeness (QED) is 0.694. The molecule has 1 fully saturated rings. The first-order chi connectivity index (χ1) is 7.41. The molecule has 3 heteroatoms. The molecule has 1 aliphatic rings. The third-order valence-electron chi connectivity index (χ3n) is 3.92. The second-order valence-corrected chi connectivity index (χ2v) is 5.83. The van der Waals surface area contributed by atoms with Gasteiger partial charge in [0.15, 0.2) is 0 Å². The molecule has 0 aromatic carbocycles. The van der Waals surface area contributed by atoms with E-state index in [0.29, 0.717) is 6.61 Å². The molecule has 0 atom stereocenters. The average molecular weight is 228 g/mol. The zero-order valence-electron chi connectivity index (χ0n) is 11.0. The average Bonchev–Trinajstić information content (AvgIpc) is 2.64. The lowest BCUT2D eigenvalue weighted by atomic mass is 9.66. The van der Waals surface area contributed by atoms with Crippen LogP contribution in [0.1, 0.15) is 46.5 Å². The van der Waals surface area contributed by atoms with Crippen molar-refractivity contribution in [2.24, 2.45) is 10.8 Å². The topological polar surface area (TPSA) is 35.5 Å². The first-order valence-electron chi connectivity index (χ1n) is 6.06. The zero-order chi connectivity index (χ0) is 12.2. The van der Waals surface area contributed by atoms with Crippen molar-refractivity contribution in [3.05, 3.63) is 0 Å². The van der Waals surface area contributed by atoms with E-state index in [0.717, 1.165) is 12.8 Å². The van der Waals surface area contributed by atoms with Crippen LogP contribution in [0.15, 0.2) is 0 Å². The van der Waals surface area contributed by atoms with Crippen LogP contribution in [0, 0.1) is 10.8 Å². The van der Waals surface area contributed by atoms with Crippen molar-refractivity contribution in [1.29, 1.82) is 0 Å². The van der Waals surface area contributed by atoms with Crippen LogP contribution in [0.3, 0.4) is 0 Å². The van der Waals surface area contributed by atoms with Crippen molar-refractivity contribution in [3.8, 4) is 0 Å². The Bertz CT molecular complexity index is 234. The molecule has 0 amide bonds. The van der Waals surface area contributed by atoms with E-state index in [4.69, 9.17) is 9.47 Å². The molecule has 1 saturated carbocycles. The lowest BCUT2D eigenvalue weighted by molar-refractivity contribution is -0.154. The van der Waals surface area contributed by atoms with Gasteiger partial charge in [-0.2, -0.15) is 0 Å². The number of ether oxygens (including phenoxy) is 2. The van der Waals surface area contributed by atoms with Gasteiger partial charge in [-0.15, -0.1) is 0 Å². The Morgan fingerprint density at radius 1 is 1.25 bits per heavy atom. The Hall–Kier alpha value is -0.570. The summed E-state index contributed by atoms with van der Waals surface area (Å²) in [6.07, 6.45) is 4.83. The molecule has 0 aromatic rings. The molecule has 0 unspecified atom stereocenters. The second kappa shape index (κ2) is 5.17. The van der Waals surface area contributed by atoms with Crippen molar-refractivity contribution in [2.45, 2.75) is 46.5 Å². The maximum absolute atomic E-state index is 11.3.